The Morgan fingerprint density at radius 3 is 2.57 bits per heavy atom. The average molecular weight is 302 g/mol. The van der Waals surface area contributed by atoms with Gasteiger partial charge < -0.3 is 4.57 Å². The van der Waals surface area contributed by atoms with Gasteiger partial charge in [-0.1, -0.05) is 48.5 Å². The van der Waals surface area contributed by atoms with Crippen molar-refractivity contribution in [3.8, 4) is 0 Å². The van der Waals surface area contributed by atoms with Gasteiger partial charge in [0.2, 0.25) is 0 Å². The second-order valence-corrected chi connectivity index (χ2v) is 6.97. The topological polar surface area (TPSA) is 8.17 Å². The van der Waals surface area contributed by atoms with E-state index >= 15 is 0 Å². The van der Waals surface area contributed by atoms with E-state index in [-0.39, 0.29) is 5.54 Å². The van der Waals surface area contributed by atoms with E-state index in [1.54, 1.807) is 5.56 Å². The Bertz CT molecular complexity index is 877. The lowest BCUT2D eigenvalue weighted by molar-refractivity contribution is 0.156. The molecule has 5 rings (SSSR count). The summed E-state index contributed by atoms with van der Waals surface area (Å²) in [6, 6.07) is 20.1. The zero-order chi connectivity index (χ0) is 15.4. The Balaban J connectivity index is 1.88. The molecule has 2 heteroatoms. The van der Waals surface area contributed by atoms with E-state index < -0.39 is 0 Å². The van der Waals surface area contributed by atoms with Crippen LogP contribution < -0.4 is 0 Å². The molecular weight excluding hydrogens is 280 g/mol. The van der Waals surface area contributed by atoms with Crippen molar-refractivity contribution >= 4 is 10.9 Å². The summed E-state index contributed by atoms with van der Waals surface area (Å²) in [6.45, 7) is 2.39. The number of aryl methyl sites for hydroxylation is 1. The first kappa shape index (κ1) is 13.4. The summed E-state index contributed by atoms with van der Waals surface area (Å²) in [4.78, 5) is 2.73. The Morgan fingerprint density at radius 2 is 1.70 bits per heavy atom. The van der Waals surface area contributed by atoms with Crippen LogP contribution in [-0.2, 0) is 19.0 Å². The molecule has 0 bridgehead atoms. The molecule has 3 heterocycles. The lowest BCUT2D eigenvalue weighted by atomic mass is 9.79. The zero-order valence-corrected chi connectivity index (χ0v) is 13.6. The first-order valence-corrected chi connectivity index (χ1v) is 8.70. The maximum absolute atomic E-state index is 2.73. The minimum atomic E-state index is 0.0720. The van der Waals surface area contributed by atoms with E-state index in [1.807, 2.05) is 0 Å². The molecular formula is C21H22N2. The van der Waals surface area contributed by atoms with Crippen molar-refractivity contribution in [3.63, 3.8) is 0 Å². The number of benzene rings is 2. The summed E-state index contributed by atoms with van der Waals surface area (Å²) in [5, 5.41) is 1.45. The average Bonchev–Trinajstić information content (AvgIpc) is 3.17. The molecule has 3 aromatic rings. The van der Waals surface area contributed by atoms with Gasteiger partial charge in [0.1, 0.15) is 0 Å². The van der Waals surface area contributed by atoms with E-state index in [0.29, 0.717) is 0 Å². The molecule has 2 nitrogen and oxygen atoms in total. The summed E-state index contributed by atoms with van der Waals surface area (Å²) in [7, 11) is 2.26. The number of hydrogen-bond acceptors (Lipinski definition) is 1. The fourth-order valence-corrected chi connectivity index (χ4v) is 5.12. The number of rotatable bonds is 1. The van der Waals surface area contributed by atoms with Gasteiger partial charge in [-0.2, -0.15) is 0 Å². The first-order valence-electron chi connectivity index (χ1n) is 8.70. The second kappa shape index (κ2) is 4.72. The van der Waals surface area contributed by atoms with E-state index in [9.17, 15) is 0 Å². The second-order valence-electron chi connectivity index (χ2n) is 6.97. The number of fused-ring (bicyclic) bond motifs is 5. The van der Waals surface area contributed by atoms with Crippen molar-refractivity contribution in [2.75, 3.05) is 13.1 Å². The minimum absolute atomic E-state index is 0.0720. The molecule has 0 saturated carbocycles. The predicted molar refractivity (Wildman–Crippen MR) is 94.7 cm³/mol. The van der Waals surface area contributed by atoms with Crippen molar-refractivity contribution in [1.82, 2.24) is 9.47 Å². The highest BCUT2D eigenvalue weighted by atomic mass is 15.3. The van der Waals surface area contributed by atoms with E-state index in [1.165, 1.54) is 54.5 Å². The van der Waals surface area contributed by atoms with Gasteiger partial charge in [0, 0.05) is 30.2 Å². The molecule has 2 aliphatic rings. The normalized spacial score (nSPS) is 23.9. The molecule has 1 aromatic heterocycles. The molecule has 2 aromatic carbocycles. The summed E-state index contributed by atoms with van der Waals surface area (Å²) in [5.74, 6) is 0. The quantitative estimate of drug-likeness (QED) is 0.658. The van der Waals surface area contributed by atoms with Crippen LogP contribution in [0.25, 0.3) is 10.9 Å². The fraction of sp³-hybridized carbons (Fsp3) is 0.333. The van der Waals surface area contributed by atoms with Crippen LogP contribution in [0.5, 0.6) is 0 Å². The van der Waals surface area contributed by atoms with Gasteiger partial charge in [0.25, 0.3) is 0 Å². The van der Waals surface area contributed by atoms with Gasteiger partial charge >= 0.3 is 0 Å². The maximum atomic E-state index is 2.73. The van der Waals surface area contributed by atoms with Gasteiger partial charge in [-0.15, -0.1) is 0 Å². The van der Waals surface area contributed by atoms with Gasteiger partial charge in [-0.25, -0.2) is 0 Å². The van der Waals surface area contributed by atoms with E-state index in [0.717, 1.165) is 0 Å². The monoisotopic (exact) mass is 302 g/mol. The van der Waals surface area contributed by atoms with Gasteiger partial charge in [-0.3, -0.25) is 4.90 Å². The molecule has 0 N–H and O–H groups in total. The van der Waals surface area contributed by atoms with Crippen molar-refractivity contribution in [1.29, 1.82) is 0 Å². The molecule has 23 heavy (non-hydrogen) atoms. The molecule has 0 amide bonds. The van der Waals surface area contributed by atoms with Crippen LogP contribution in [0.4, 0.5) is 0 Å². The number of nitrogens with zero attached hydrogens (tertiary/aromatic N) is 2. The van der Waals surface area contributed by atoms with Crippen molar-refractivity contribution in [3.05, 3.63) is 71.4 Å². The molecule has 0 unspecified atom stereocenters. The Kier molecular flexibility index (Phi) is 2.75. The van der Waals surface area contributed by atoms with Crippen LogP contribution in [0.2, 0.25) is 0 Å². The Labute approximate surface area is 137 Å². The van der Waals surface area contributed by atoms with Gasteiger partial charge in [-0.05, 0) is 43.0 Å². The standard InChI is InChI=1S/C21H22N2/c1-22-19-11-6-5-10-17(19)18-12-15-23-14-7-13-21(23,20(18)22)16-8-3-2-4-9-16/h2-6,8-11H,7,12-15H2,1H3/t21-/m1/s1. The summed E-state index contributed by atoms with van der Waals surface area (Å²) >= 11 is 0. The van der Waals surface area contributed by atoms with Crippen LogP contribution in [0.1, 0.15) is 29.7 Å². The Morgan fingerprint density at radius 1 is 0.913 bits per heavy atom. The number of aromatic nitrogens is 1. The highest BCUT2D eigenvalue weighted by molar-refractivity contribution is 5.86. The third kappa shape index (κ3) is 1.62. The molecule has 0 spiro atoms. The van der Waals surface area contributed by atoms with Crippen LogP contribution >= 0.6 is 0 Å². The molecule has 2 aliphatic heterocycles. The van der Waals surface area contributed by atoms with Crippen LogP contribution in [0.3, 0.4) is 0 Å². The molecule has 1 atom stereocenters. The molecule has 116 valence electrons. The zero-order valence-electron chi connectivity index (χ0n) is 13.6. The SMILES string of the molecule is Cn1c2c(c3ccccc31)CCN1CCC[C@@]21c1ccccc1. The van der Waals surface area contributed by atoms with Gasteiger partial charge in [0.15, 0.2) is 0 Å². The highest BCUT2D eigenvalue weighted by Crippen LogP contribution is 2.50. The number of para-hydroxylation sites is 1. The van der Waals surface area contributed by atoms with Crippen molar-refractivity contribution in [2.24, 2.45) is 7.05 Å². The van der Waals surface area contributed by atoms with Crippen molar-refractivity contribution in [2.45, 2.75) is 24.8 Å². The van der Waals surface area contributed by atoms with Gasteiger partial charge in [0.05, 0.1) is 5.54 Å². The first-order chi connectivity index (χ1) is 11.3. The minimum Gasteiger partial charge on any atom is -0.345 e. The Hall–Kier alpha value is -2.06. The summed E-state index contributed by atoms with van der Waals surface area (Å²) in [6.07, 6.45) is 3.69. The van der Waals surface area contributed by atoms with Crippen LogP contribution in [0.15, 0.2) is 54.6 Å². The predicted octanol–water partition coefficient (Wildman–Crippen LogP) is 4.07. The lowest BCUT2D eigenvalue weighted by Gasteiger charge is -2.44. The number of hydrogen-bond donors (Lipinski definition) is 0. The highest BCUT2D eigenvalue weighted by Gasteiger charge is 2.49. The third-order valence-corrected chi connectivity index (χ3v) is 5.99. The van der Waals surface area contributed by atoms with Crippen LogP contribution in [-0.4, -0.2) is 22.6 Å². The molecule has 0 radical (unpaired) electrons. The largest absolute Gasteiger partial charge is 0.345 e. The van der Waals surface area contributed by atoms with E-state index in [4.69, 9.17) is 0 Å². The maximum Gasteiger partial charge on any atom is 0.0872 e. The molecule has 1 saturated heterocycles. The lowest BCUT2D eigenvalue weighted by Crippen LogP contribution is -2.48. The third-order valence-electron chi connectivity index (χ3n) is 5.99. The smallest absolute Gasteiger partial charge is 0.0872 e. The summed E-state index contributed by atoms with van der Waals surface area (Å²) < 4.78 is 2.47. The van der Waals surface area contributed by atoms with Crippen LogP contribution in [0, 0.1) is 0 Å². The summed E-state index contributed by atoms with van der Waals surface area (Å²) in [5.41, 5.74) is 6.02. The molecule has 0 aliphatic carbocycles. The molecule has 1 fully saturated rings. The fourth-order valence-electron chi connectivity index (χ4n) is 5.12. The van der Waals surface area contributed by atoms with E-state index in [2.05, 4.69) is 71.1 Å². The van der Waals surface area contributed by atoms with Crippen molar-refractivity contribution < 1.29 is 0 Å².